The maximum Gasteiger partial charge on any atom is 1.00 e. The number of carboxylic acids is 2. The quantitative estimate of drug-likeness (QED) is 0.0978. The van der Waals surface area contributed by atoms with Gasteiger partial charge in [0.15, 0.2) is 0 Å². The van der Waals surface area contributed by atoms with Crippen molar-refractivity contribution in [2.45, 2.75) is 25.9 Å². The van der Waals surface area contributed by atoms with Crippen LogP contribution < -0.4 is 80.0 Å². The Balaban J connectivity index is 0.000000481. The molecule has 0 bridgehead atoms. The van der Waals surface area contributed by atoms with Gasteiger partial charge < -0.3 is 60.7 Å². The molecule has 0 radical (unpaired) electrons. The van der Waals surface area contributed by atoms with E-state index in [4.69, 9.17) is 23.2 Å². The molecule has 0 aliphatic carbocycles. The van der Waals surface area contributed by atoms with Crippen LogP contribution in [0.25, 0.3) is 0 Å². The van der Waals surface area contributed by atoms with Crippen molar-refractivity contribution in [3.8, 4) is 11.5 Å². The predicted molar refractivity (Wildman–Crippen MR) is 162 cm³/mol. The molecule has 0 unspecified atom stereocenters. The Morgan fingerprint density at radius 1 is 0.660 bits per heavy atom. The Morgan fingerprint density at radius 3 is 1.30 bits per heavy atom. The Labute approximate surface area is 338 Å². The fraction of sp³-hybridized carbons (Fsp3) is 0.267. The van der Waals surface area contributed by atoms with E-state index < -0.39 is 71.3 Å². The molecule has 2 aromatic carbocycles. The van der Waals surface area contributed by atoms with E-state index in [1.54, 1.807) is 12.1 Å². The second-order valence-electron chi connectivity index (χ2n) is 10.3. The van der Waals surface area contributed by atoms with Crippen LogP contribution in [0.2, 0.25) is 10.0 Å². The van der Waals surface area contributed by atoms with E-state index in [1.807, 2.05) is 10.6 Å². The zero-order valence-corrected chi connectivity index (χ0v) is 32.3. The van der Waals surface area contributed by atoms with E-state index in [9.17, 15) is 59.4 Å². The van der Waals surface area contributed by atoms with Gasteiger partial charge >= 0.3 is 59.1 Å². The average molecular weight is 753 g/mol. The number of carboxylic acid groups (broad SMARTS) is 2. The Kier molecular flexibility index (Phi) is 18.2. The van der Waals surface area contributed by atoms with Crippen molar-refractivity contribution in [2.24, 2.45) is 0 Å². The molecular weight excluding hydrogens is 725 g/mol. The molecule has 0 saturated carbocycles. The summed E-state index contributed by atoms with van der Waals surface area (Å²) < 4.78 is 0. The number of aliphatic carboxylic acids is 2. The number of carbonyl (C=O) groups is 6. The number of aliphatic hydroxyl groups is 2. The number of benzene rings is 2. The van der Waals surface area contributed by atoms with Gasteiger partial charge in [0, 0.05) is 39.0 Å². The molecule has 2 aliphatic heterocycles. The fourth-order valence-corrected chi connectivity index (χ4v) is 4.88. The molecule has 2 aromatic rings. The summed E-state index contributed by atoms with van der Waals surface area (Å²) in [7, 11) is 0. The summed E-state index contributed by atoms with van der Waals surface area (Å²) in [5.41, 5.74) is 0.267. The molecule has 4 rings (SSSR count). The van der Waals surface area contributed by atoms with Gasteiger partial charge in [-0.2, -0.15) is 0 Å². The van der Waals surface area contributed by atoms with Gasteiger partial charge in [0.25, 0.3) is 23.6 Å². The number of phenolic OH excluding ortho intramolecular Hbond substituents is 2. The molecule has 16 nitrogen and oxygen atoms in total. The average Bonchev–Trinajstić information content (AvgIpc) is 3.02. The second-order valence-corrected chi connectivity index (χ2v) is 11.1. The third-order valence-electron chi connectivity index (χ3n) is 6.83. The number of hydrogen-bond donors (Lipinski definition) is 6. The van der Waals surface area contributed by atoms with Crippen molar-refractivity contribution < 1.29 is 119 Å². The number of rotatable bonds is 10. The van der Waals surface area contributed by atoms with Gasteiger partial charge in [-0.25, -0.2) is 0 Å². The number of aromatic hydroxyl groups is 2. The smallest absolute Gasteiger partial charge is 0.548 e. The Morgan fingerprint density at radius 2 is 1.00 bits per heavy atom. The van der Waals surface area contributed by atoms with Gasteiger partial charge in [-0.15, -0.1) is 0 Å². The van der Waals surface area contributed by atoms with E-state index in [2.05, 4.69) is 0 Å². The van der Waals surface area contributed by atoms with Crippen LogP contribution in [-0.4, -0.2) is 92.0 Å². The number of nitrogens with zero attached hydrogens (tertiary/aromatic N) is 2. The van der Waals surface area contributed by atoms with Crippen LogP contribution in [0.15, 0.2) is 59.1 Å². The number of halogens is 2. The topological polar surface area (TPSA) is 260 Å². The summed E-state index contributed by atoms with van der Waals surface area (Å²) in [5, 5.41) is 63.4. The molecule has 4 amide bonds. The van der Waals surface area contributed by atoms with E-state index in [1.165, 1.54) is 34.1 Å². The van der Waals surface area contributed by atoms with Crippen molar-refractivity contribution >= 4 is 58.8 Å². The van der Waals surface area contributed by atoms with Crippen molar-refractivity contribution in [3.63, 3.8) is 0 Å². The number of hydrogen-bond acceptors (Lipinski definition) is 12. The van der Waals surface area contributed by atoms with Crippen LogP contribution in [0.5, 0.6) is 11.5 Å². The SMILES string of the molecule is O=C([O-])CNC(=O)C1=C(O)CCN(Cc2ccc(O)c(Cl)c2)C1=O.O=C([O-])CNC(=O)C1=C(O)CCN(Cc2ccc(O)c(Cl)c2)C1=O.[Na+].[Na+]. The van der Waals surface area contributed by atoms with Crippen LogP contribution in [0.4, 0.5) is 0 Å². The Hall–Kier alpha value is -3.48. The normalized spacial score (nSPS) is 14.1. The number of nitrogens with one attached hydrogen (secondary N) is 2. The molecule has 6 N–H and O–H groups in total. The number of phenols is 2. The summed E-state index contributed by atoms with van der Waals surface area (Å²) >= 11 is 11.6. The van der Waals surface area contributed by atoms with Gasteiger partial charge in [-0.3, -0.25) is 19.2 Å². The predicted octanol–water partition coefficient (Wildman–Crippen LogP) is -7.08. The first-order valence-electron chi connectivity index (χ1n) is 13.9. The first kappa shape index (κ1) is 44.5. The first-order chi connectivity index (χ1) is 22.6. The van der Waals surface area contributed by atoms with Crippen molar-refractivity contribution in [1.29, 1.82) is 0 Å². The van der Waals surface area contributed by atoms with E-state index in [0.717, 1.165) is 0 Å². The Bertz CT molecular complexity index is 1600. The number of aliphatic hydroxyl groups excluding tert-OH is 2. The van der Waals surface area contributed by atoms with E-state index >= 15 is 0 Å². The summed E-state index contributed by atoms with van der Waals surface area (Å²) in [5.74, 6) is -7.39. The van der Waals surface area contributed by atoms with Crippen LogP contribution in [0.1, 0.15) is 24.0 Å². The van der Waals surface area contributed by atoms with Crippen molar-refractivity contribution in [2.75, 3.05) is 26.2 Å². The minimum Gasteiger partial charge on any atom is -0.548 e. The maximum atomic E-state index is 12.4. The minimum atomic E-state index is -1.51. The summed E-state index contributed by atoms with van der Waals surface area (Å²) in [6.07, 6.45) is 0.122. The van der Waals surface area contributed by atoms with Gasteiger partial charge in [0.2, 0.25) is 0 Å². The van der Waals surface area contributed by atoms with E-state index in [-0.39, 0.29) is 120 Å². The zero-order chi connectivity index (χ0) is 35.7. The van der Waals surface area contributed by atoms with E-state index in [0.29, 0.717) is 11.1 Å². The molecule has 2 aliphatic rings. The van der Waals surface area contributed by atoms with Crippen LogP contribution in [0.3, 0.4) is 0 Å². The first-order valence-corrected chi connectivity index (χ1v) is 14.7. The molecular formula is C30H28Cl2N4Na2O12. The molecule has 256 valence electrons. The maximum absolute atomic E-state index is 12.4. The largest absolute Gasteiger partial charge is 1.00 e. The molecule has 0 saturated heterocycles. The molecule has 20 heteroatoms. The number of amides is 4. The summed E-state index contributed by atoms with van der Waals surface area (Å²) in [6.45, 7) is -0.944. The van der Waals surface area contributed by atoms with Gasteiger partial charge in [-0.1, -0.05) is 35.3 Å². The fourth-order valence-electron chi connectivity index (χ4n) is 4.48. The van der Waals surface area contributed by atoms with Gasteiger partial charge in [-0.05, 0) is 35.4 Å². The molecule has 0 atom stereocenters. The van der Waals surface area contributed by atoms with Gasteiger partial charge in [0.05, 0.1) is 35.1 Å². The second kappa shape index (κ2) is 20.4. The number of carbonyl (C=O) groups excluding carboxylic acids is 6. The third kappa shape index (κ3) is 12.4. The van der Waals surface area contributed by atoms with Crippen LogP contribution in [0, 0.1) is 0 Å². The van der Waals surface area contributed by atoms with Crippen molar-refractivity contribution in [1.82, 2.24) is 20.4 Å². The molecule has 0 spiro atoms. The minimum absolute atomic E-state index is 0. The zero-order valence-electron chi connectivity index (χ0n) is 26.8. The monoisotopic (exact) mass is 752 g/mol. The van der Waals surface area contributed by atoms with Crippen molar-refractivity contribution in [3.05, 3.63) is 80.2 Å². The van der Waals surface area contributed by atoms with Crippen LogP contribution >= 0.6 is 23.2 Å². The molecule has 0 fully saturated rings. The standard InChI is InChI=1S/2C15H15ClN2O6.2Na/c2*16-9-5-8(1-2-10(9)19)7-18-4-3-11(20)13(15(18)24)14(23)17-6-12(21)22;;/h2*1-2,5,19-20H,3-4,6-7H2,(H,17,23)(H,21,22);;/q;;2*+1/p-2. The third-order valence-corrected chi connectivity index (χ3v) is 7.43. The molecule has 2 heterocycles. The summed E-state index contributed by atoms with van der Waals surface area (Å²) in [4.78, 5) is 72.0. The summed E-state index contributed by atoms with van der Waals surface area (Å²) in [6, 6.07) is 8.88. The van der Waals surface area contributed by atoms with Crippen LogP contribution in [-0.2, 0) is 41.9 Å². The van der Waals surface area contributed by atoms with Gasteiger partial charge in [0.1, 0.15) is 34.2 Å². The molecule has 50 heavy (non-hydrogen) atoms. The molecule has 0 aromatic heterocycles.